The van der Waals surface area contributed by atoms with Gasteiger partial charge in [-0.15, -0.1) is 0 Å². The largest absolute Gasteiger partial charge is 0.506 e. The Morgan fingerprint density at radius 3 is 2.24 bits per heavy atom. The van der Waals surface area contributed by atoms with Crippen LogP contribution in [0.25, 0.3) is 0 Å². The summed E-state index contributed by atoms with van der Waals surface area (Å²) in [7, 11) is 0. The highest BCUT2D eigenvalue weighted by atomic mass is 35.5. The van der Waals surface area contributed by atoms with Crippen LogP contribution in [0.4, 0.5) is 17.1 Å². The summed E-state index contributed by atoms with van der Waals surface area (Å²) < 4.78 is 0. The number of hydrogen-bond acceptors (Lipinski definition) is 5. The number of carbonyl (C=O) groups excluding carboxylic acids is 3. The van der Waals surface area contributed by atoms with E-state index in [1.807, 2.05) is 0 Å². The highest BCUT2D eigenvalue weighted by molar-refractivity contribution is 6.53. The number of phenols is 1. The van der Waals surface area contributed by atoms with Crippen LogP contribution in [0.3, 0.4) is 0 Å². The minimum absolute atomic E-state index is 0.0947. The van der Waals surface area contributed by atoms with E-state index in [0.717, 1.165) is 4.90 Å². The summed E-state index contributed by atoms with van der Waals surface area (Å²) in [6.45, 7) is 0. The second-order valence-corrected chi connectivity index (χ2v) is 8.18. The summed E-state index contributed by atoms with van der Waals surface area (Å²) in [4.78, 5) is 38.8. The van der Waals surface area contributed by atoms with E-state index < -0.39 is 17.7 Å². The lowest BCUT2D eigenvalue weighted by molar-refractivity contribution is -0.120. The van der Waals surface area contributed by atoms with Crippen LogP contribution in [0.5, 0.6) is 5.75 Å². The summed E-state index contributed by atoms with van der Waals surface area (Å²) in [5, 5.41) is 15.7. The first kappa shape index (κ1) is 22.7. The zero-order chi connectivity index (χ0) is 23.7. The maximum Gasteiger partial charge on any atom is 0.283 e. The van der Waals surface area contributed by atoms with E-state index in [2.05, 4.69) is 10.6 Å². The zero-order valence-corrected chi connectivity index (χ0v) is 18.9. The van der Waals surface area contributed by atoms with Crippen molar-refractivity contribution in [2.24, 2.45) is 0 Å². The van der Waals surface area contributed by atoms with Crippen molar-refractivity contribution in [3.8, 4) is 5.75 Å². The molecule has 1 aliphatic rings. The van der Waals surface area contributed by atoms with Crippen molar-refractivity contribution in [3.05, 3.63) is 93.1 Å². The Balaban J connectivity index is 1.49. The molecule has 33 heavy (non-hydrogen) atoms. The number of benzene rings is 3. The van der Waals surface area contributed by atoms with Crippen LogP contribution in [0.15, 0.2) is 77.5 Å². The third-order valence-corrected chi connectivity index (χ3v) is 5.54. The van der Waals surface area contributed by atoms with Gasteiger partial charge in [0.2, 0.25) is 0 Å². The van der Waals surface area contributed by atoms with Gasteiger partial charge in [0.15, 0.2) is 0 Å². The number of amides is 3. The molecule has 0 unspecified atom stereocenters. The molecule has 0 saturated carbocycles. The zero-order valence-electron chi connectivity index (χ0n) is 16.6. The van der Waals surface area contributed by atoms with Crippen molar-refractivity contribution >= 4 is 69.6 Å². The fourth-order valence-electron chi connectivity index (χ4n) is 3.11. The Labute approximate surface area is 203 Å². The molecule has 3 aromatic rings. The van der Waals surface area contributed by atoms with Gasteiger partial charge in [-0.1, -0.05) is 40.9 Å². The predicted molar refractivity (Wildman–Crippen MR) is 128 cm³/mol. The molecule has 10 heteroatoms. The van der Waals surface area contributed by atoms with Gasteiger partial charge in [-0.2, -0.15) is 0 Å². The fraction of sp³-hybridized carbons (Fsp3) is 0. The molecule has 1 aliphatic heterocycles. The van der Waals surface area contributed by atoms with Crippen LogP contribution < -0.4 is 15.5 Å². The second-order valence-electron chi connectivity index (χ2n) is 6.93. The van der Waals surface area contributed by atoms with Crippen LogP contribution in [0, 0.1) is 0 Å². The lowest BCUT2D eigenvalue weighted by atomic mass is 10.1. The second kappa shape index (κ2) is 9.15. The van der Waals surface area contributed by atoms with E-state index in [1.165, 1.54) is 36.4 Å². The molecular weight excluding hydrogens is 489 g/mol. The van der Waals surface area contributed by atoms with Crippen LogP contribution in [0.1, 0.15) is 10.4 Å². The summed E-state index contributed by atoms with van der Waals surface area (Å²) in [5.41, 5.74) is 1.09. The number of carbonyl (C=O) groups is 3. The number of aromatic hydroxyl groups is 1. The summed E-state index contributed by atoms with van der Waals surface area (Å²) in [5.74, 6) is -1.91. The van der Waals surface area contributed by atoms with Crippen molar-refractivity contribution in [3.63, 3.8) is 0 Å². The number of anilines is 3. The first-order chi connectivity index (χ1) is 15.7. The molecular formula is C23H14Cl3N3O4. The first-order valence-corrected chi connectivity index (χ1v) is 10.6. The minimum atomic E-state index is -0.677. The van der Waals surface area contributed by atoms with Crippen molar-refractivity contribution < 1.29 is 19.5 Å². The molecule has 3 N–H and O–H groups in total. The quantitative estimate of drug-likeness (QED) is 0.321. The van der Waals surface area contributed by atoms with Gasteiger partial charge in [0.25, 0.3) is 17.7 Å². The lowest BCUT2D eigenvalue weighted by Gasteiger charge is -2.15. The van der Waals surface area contributed by atoms with Crippen molar-refractivity contribution in [1.82, 2.24) is 0 Å². The normalized spacial score (nSPS) is 13.5. The molecule has 0 aromatic heterocycles. The average Bonchev–Trinajstić information content (AvgIpc) is 3.00. The standard InChI is InChI=1S/C23H14Cl3N3O4/c24-13-2-1-3-16(10-13)29-22(32)19(26)20(23(29)33)27-15-7-4-12(5-8-15)21(31)28-17-11-14(25)6-9-18(17)30/h1-11,27,30H,(H,28,31). The number of imide groups is 1. The highest BCUT2D eigenvalue weighted by Crippen LogP contribution is 2.31. The van der Waals surface area contributed by atoms with Crippen LogP contribution in [0.2, 0.25) is 10.0 Å². The molecule has 166 valence electrons. The number of hydrogen-bond donors (Lipinski definition) is 3. The van der Waals surface area contributed by atoms with Crippen LogP contribution in [-0.4, -0.2) is 22.8 Å². The van der Waals surface area contributed by atoms with Crippen LogP contribution >= 0.6 is 34.8 Å². The average molecular weight is 503 g/mol. The summed E-state index contributed by atoms with van der Waals surface area (Å²) in [6.07, 6.45) is 0. The fourth-order valence-corrected chi connectivity index (χ4v) is 3.68. The number of nitrogens with one attached hydrogen (secondary N) is 2. The highest BCUT2D eigenvalue weighted by Gasteiger charge is 2.39. The van der Waals surface area contributed by atoms with Gasteiger partial charge < -0.3 is 15.7 Å². The molecule has 0 spiro atoms. The summed E-state index contributed by atoms with van der Waals surface area (Å²) in [6, 6.07) is 16.7. The Bertz CT molecular complexity index is 1320. The van der Waals surface area contributed by atoms with Gasteiger partial charge in [0.05, 0.1) is 11.4 Å². The number of rotatable bonds is 5. The number of nitrogens with zero attached hydrogens (tertiary/aromatic N) is 1. The smallest absolute Gasteiger partial charge is 0.283 e. The SMILES string of the molecule is O=C(Nc1cc(Cl)ccc1O)c1ccc(NC2=C(Cl)C(=O)N(c3cccc(Cl)c3)C2=O)cc1. The molecule has 0 aliphatic carbocycles. The maximum absolute atomic E-state index is 12.8. The topological polar surface area (TPSA) is 98.7 Å². The molecule has 7 nitrogen and oxygen atoms in total. The van der Waals surface area contributed by atoms with E-state index in [9.17, 15) is 19.5 Å². The molecule has 0 bridgehead atoms. The van der Waals surface area contributed by atoms with E-state index in [1.54, 1.807) is 30.3 Å². The van der Waals surface area contributed by atoms with Crippen molar-refractivity contribution in [1.29, 1.82) is 0 Å². The Morgan fingerprint density at radius 2 is 1.55 bits per heavy atom. The van der Waals surface area contributed by atoms with Gasteiger partial charge in [-0.25, -0.2) is 4.90 Å². The monoisotopic (exact) mass is 501 g/mol. The van der Waals surface area contributed by atoms with E-state index in [-0.39, 0.29) is 27.7 Å². The van der Waals surface area contributed by atoms with Gasteiger partial charge >= 0.3 is 0 Å². The predicted octanol–water partition coefficient (Wildman–Crippen LogP) is 5.39. The van der Waals surface area contributed by atoms with Crippen molar-refractivity contribution in [2.45, 2.75) is 0 Å². The van der Waals surface area contributed by atoms with E-state index in [4.69, 9.17) is 34.8 Å². The Kier molecular flexibility index (Phi) is 6.29. The lowest BCUT2D eigenvalue weighted by Crippen LogP contribution is -2.32. The van der Waals surface area contributed by atoms with Gasteiger partial charge in [0.1, 0.15) is 16.5 Å². The minimum Gasteiger partial charge on any atom is -0.506 e. The Morgan fingerprint density at radius 1 is 0.848 bits per heavy atom. The molecule has 0 fully saturated rings. The van der Waals surface area contributed by atoms with E-state index >= 15 is 0 Å². The molecule has 4 rings (SSSR count). The van der Waals surface area contributed by atoms with Crippen LogP contribution in [-0.2, 0) is 9.59 Å². The van der Waals surface area contributed by atoms with E-state index in [0.29, 0.717) is 21.4 Å². The van der Waals surface area contributed by atoms with Crippen molar-refractivity contribution in [2.75, 3.05) is 15.5 Å². The third-order valence-electron chi connectivity index (χ3n) is 4.72. The van der Waals surface area contributed by atoms with Gasteiger partial charge in [-0.05, 0) is 60.7 Å². The number of phenolic OH excluding ortho intramolecular Hbond substituents is 1. The number of halogens is 3. The maximum atomic E-state index is 12.8. The third kappa shape index (κ3) is 4.66. The molecule has 3 amide bonds. The molecule has 1 heterocycles. The van der Waals surface area contributed by atoms with Gasteiger partial charge in [-0.3, -0.25) is 14.4 Å². The summed E-state index contributed by atoms with van der Waals surface area (Å²) >= 11 is 18.0. The molecule has 0 radical (unpaired) electrons. The Hall–Kier alpha value is -3.52. The molecule has 0 saturated heterocycles. The molecule has 3 aromatic carbocycles. The van der Waals surface area contributed by atoms with Gasteiger partial charge in [0, 0.05) is 21.3 Å². The first-order valence-electron chi connectivity index (χ1n) is 9.45. The molecule has 0 atom stereocenters.